The minimum Gasteiger partial charge on any atom is -0.493 e. The van der Waals surface area contributed by atoms with Gasteiger partial charge in [0.05, 0.1) is 24.3 Å². The van der Waals surface area contributed by atoms with E-state index in [4.69, 9.17) is 15.2 Å². The Morgan fingerprint density at radius 1 is 1.05 bits per heavy atom. The summed E-state index contributed by atoms with van der Waals surface area (Å²) in [6, 6.07) is 13.2. The molecule has 0 saturated carbocycles. The molecule has 0 amide bonds. The van der Waals surface area contributed by atoms with Crippen LogP contribution in [0.4, 0.5) is 0 Å². The number of fused-ring (bicyclic) bond motifs is 1. The molecule has 5 nitrogen and oxygen atoms in total. The number of nitrogens with zero attached hydrogens (tertiary/aromatic N) is 2. The molecule has 3 rings (SSSR count). The van der Waals surface area contributed by atoms with Gasteiger partial charge in [-0.15, -0.1) is 0 Å². The molecule has 0 saturated heterocycles. The van der Waals surface area contributed by atoms with Crippen LogP contribution in [0.25, 0.3) is 11.0 Å². The zero-order chi connectivity index (χ0) is 14.7. The fourth-order valence-corrected chi connectivity index (χ4v) is 2.03. The van der Waals surface area contributed by atoms with E-state index < -0.39 is 0 Å². The lowest BCUT2D eigenvalue weighted by molar-refractivity contribution is 0.373. The van der Waals surface area contributed by atoms with Crippen molar-refractivity contribution < 1.29 is 9.47 Å². The molecule has 21 heavy (non-hydrogen) atoms. The maximum atomic E-state index is 5.77. The molecule has 1 heterocycles. The van der Waals surface area contributed by atoms with Gasteiger partial charge in [-0.25, -0.2) is 9.97 Å². The van der Waals surface area contributed by atoms with E-state index in [0.717, 1.165) is 16.6 Å². The zero-order valence-corrected chi connectivity index (χ0v) is 11.6. The van der Waals surface area contributed by atoms with Crippen LogP contribution in [0.2, 0.25) is 0 Å². The largest absolute Gasteiger partial charge is 0.493 e. The first-order valence-corrected chi connectivity index (χ1v) is 6.57. The first-order chi connectivity index (χ1) is 10.3. The summed E-state index contributed by atoms with van der Waals surface area (Å²) in [7, 11) is 1.59. The molecule has 0 aliphatic heterocycles. The lowest BCUT2D eigenvalue weighted by Gasteiger charge is -2.11. The van der Waals surface area contributed by atoms with Crippen molar-refractivity contribution in [1.82, 2.24) is 9.97 Å². The summed E-state index contributed by atoms with van der Waals surface area (Å²) in [5, 5.41) is 0. The van der Waals surface area contributed by atoms with Crippen molar-refractivity contribution in [3.8, 4) is 17.4 Å². The van der Waals surface area contributed by atoms with E-state index in [2.05, 4.69) is 9.97 Å². The molecule has 0 unspecified atom stereocenters. The highest BCUT2D eigenvalue weighted by molar-refractivity contribution is 5.74. The topological polar surface area (TPSA) is 70.3 Å². The molecule has 2 aromatic carbocycles. The van der Waals surface area contributed by atoms with Gasteiger partial charge in [0, 0.05) is 6.54 Å². The summed E-state index contributed by atoms with van der Waals surface area (Å²) >= 11 is 0. The van der Waals surface area contributed by atoms with Gasteiger partial charge in [0.25, 0.3) is 0 Å². The predicted molar refractivity (Wildman–Crippen MR) is 80.5 cm³/mol. The Morgan fingerprint density at radius 2 is 1.86 bits per heavy atom. The van der Waals surface area contributed by atoms with Gasteiger partial charge in [-0.1, -0.05) is 18.2 Å². The molecule has 3 aromatic rings. The van der Waals surface area contributed by atoms with Gasteiger partial charge in [-0.3, -0.25) is 0 Å². The number of hydrogen-bond donors (Lipinski definition) is 1. The lowest BCUT2D eigenvalue weighted by atomic mass is 10.2. The van der Waals surface area contributed by atoms with Crippen molar-refractivity contribution in [2.24, 2.45) is 5.73 Å². The Hall–Kier alpha value is -2.66. The molecular formula is C16H15N3O2. The minimum absolute atomic E-state index is 0.424. The third-order valence-corrected chi connectivity index (χ3v) is 3.10. The summed E-state index contributed by atoms with van der Waals surface area (Å²) in [6.45, 7) is 0.451. The number of methoxy groups -OCH3 is 1. The second kappa shape index (κ2) is 5.76. The Kier molecular flexibility index (Phi) is 3.66. The molecule has 1 aromatic heterocycles. The number of rotatable bonds is 4. The van der Waals surface area contributed by atoms with Gasteiger partial charge in [-0.05, 0) is 29.8 Å². The summed E-state index contributed by atoms with van der Waals surface area (Å²) in [4.78, 5) is 8.74. The average molecular weight is 281 g/mol. The highest BCUT2D eigenvalue weighted by atomic mass is 16.5. The van der Waals surface area contributed by atoms with E-state index in [9.17, 15) is 0 Å². The first-order valence-electron chi connectivity index (χ1n) is 6.57. The average Bonchev–Trinajstić information content (AvgIpc) is 2.55. The molecule has 2 N–H and O–H groups in total. The van der Waals surface area contributed by atoms with Crippen molar-refractivity contribution in [2.45, 2.75) is 6.54 Å². The number of benzene rings is 2. The maximum Gasteiger partial charge on any atom is 0.238 e. The molecular weight excluding hydrogens is 266 g/mol. The third kappa shape index (κ3) is 2.78. The summed E-state index contributed by atoms with van der Waals surface area (Å²) < 4.78 is 11.1. The van der Waals surface area contributed by atoms with Gasteiger partial charge in [0.2, 0.25) is 5.88 Å². The van der Waals surface area contributed by atoms with Crippen LogP contribution in [-0.2, 0) is 6.54 Å². The monoisotopic (exact) mass is 281 g/mol. The van der Waals surface area contributed by atoms with Crippen LogP contribution in [0.5, 0.6) is 17.4 Å². The number of hydrogen-bond acceptors (Lipinski definition) is 5. The molecule has 0 atom stereocenters. The van der Waals surface area contributed by atoms with Crippen molar-refractivity contribution in [1.29, 1.82) is 0 Å². The Labute approximate surface area is 122 Å². The standard InChI is InChI=1S/C16H15N3O2/c1-20-15-8-11(9-17)6-7-14(15)21-16-10-18-12-4-2-3-5-13(12)19-16/h2-8,10H,9,17H2,1H3. The molecule has 0 radical (unpaired) electrons. The smallest absolute Gasteiger partial charge is 0.238 e. The van der Waals surface area contributed by atoms with Gasteiger partial charge >= 0.3 is 0 Å². The molecule has 0 bridgehead atoms. The highest BCUT2D eigenvalue weighted by Crippen LogP contribution is 2.31. The minimum atomic E-state index is 0.424. The van der Waals surface area contributed by atoms with E-state index in [1.807, 2.05) is 42.5 Å². The van der Waals surface area contributed by atoms with Crippen molar-refractivity contribution in [2.75, 3.05) is 7.11 Å². The Bertz CT molecular complexity index is 774. The summed E-state index contributed by atoms with van der Waals surface area (Å²) in [6.07, 6.45) is 1.60. The highest BCUT2D eigenvalue weighted by Gasteiger charge is 2.08. The number of para-hydroxylation sites is 2. The Balaban J connectivity index is 1.94. The third-order valence-electron chi connectivity index (χ3n) is 3.10. The molecule has 0 aliphatic carbocycles. The zero-order valence-electron chi connectivity index (χ0n) is 11.6. The van der Waals surface area contributed by atoms with E-state index in [0.29, 0.717) is 23.9 Å². The first kappa shape index (κ1) is 13.3. The van der Waals surface area contributed by atoms with E-state index >= 15 is 0 Å². The number of aromatic nitrogens is 2. The molecule has 0 aliphatic rings. The van der Waals surface area contributed by atoms with Gasteiger partial charge in [0.1, 0.15) is 0 Å². The van der Waals surface area contributed by atoms with Crippen molar-refractivity contribution in [3.05, 3.63) is 54.2 Å². The van der Waals surface area contributed by atoms with Crippen LogP contribution >= 0.6 is 0 Å². The quantitative estimate of drug-likeness (QED) is 0.796. The lowest BCUT2D eigenvalue weighted by Crippen LogP contribution is -1.98. The second-order valence-electron chi connectivity index (χ2n) is 4.49. The Morgan fingerprint density at radius 3 is 2.62 bits per heavy atom. The molecule has 106 valence electrons. The summed E-state index contributed by atoms with van der Waals surface area (Å²) in [5.41, 5.74) is 8.21. The van der Waals surface area contributed by atoms with E-state index in [-0.39, 0.29) is 0 Å². The number of ether oxygens (including phenoxy) is 2. The van der Waals surface area contributed by atoms with Crippen LogP contribution in [0, 0.1) is 0 Å². The fraction of sp³-hybridized carbons (Fsp3) is 0.125. The van der Waals surface area contributed by atoms with Gasteiger partial charge < -0.3 is 15.2 Å². The van der Waals surface area contributed by atoms with E-state index in [1.165, 1.54) is 0 Å². The maximum absolute atomic E-state index is 5.77. The number of nitrogens with two attached hydrogens (primary N) is 1. The van der Waals surface area contributed by atoms with Crippen molar-refractivity contribution in [3.63, 3.8) is 0 Å². The normalized spacial score (nSPS) is 10.6. The molecule has 0 fully saturated rings. The summed E-state index contributed by atoms with van der Waals surface area (Å²) in [5.74, 6) is 1.62. The van der Waals surface area contributed by atoms with Crippen LogP contribution in [-0.4, -0.2) is 17.1 Å². The fourth-order valence-electron chi connectivity index (χ4n) is 2.03. The van der Waals surface area contributed by atoms with Crippen LogP contribution < -0.4 is 15.2 Å². The second-order valence-corrected chi connectivity index (χ2v) is 4.49. The van der Waals surface area contributed by atoms with Crippen LogP contribution in [0.15, 0.2) is 48.7 Å². The molecule has 5 heteroatoms. The SMILES string of the molecule is COc1cc(CN)ccc1Oc1cnc2ccccc2n1. The van der Waals surface area contributed by atoms with Crippen LogP contribution in [0.3, 0.4) is 0 Å². The predicted octanol–water partition coefficient (Wildman–Crippen LogP) is 2.89. The molecule has 0 spiro atoms. The van der Waals surface area contributed by atoms with E-state index in [1.54, 1.807) is 13.3 Å². The van der Waals surface area contributed by atoms with Gasteiger partial charge in [0.15, 0.2) is 11.5 Å². The van der Waals surface area contributed by atoms with Crippen molar-refractivity contribution >= 4 is 11.0 Å². The van der Waals surface area contributed by atoms with Gasteiger partial charge in [-0.2, -0.15) is 0 Å². The van der Waals surface area contributed by atoms with Crippen LogP contribution in [0.1, 0.15) is 5.56 Å².